The number of hydrogen-bond acceptors (Lipinski definition) is 5. The zero-order valence-corrected chi connectivity index (χ0v) is 11.1. The summed E-state index contributed by atoms with van der Waals surface area (Å²) in [5.41, 5.74) is 5.82. The number of hydrogen-bond donors (Lipinski definition) is 2. The van der Waals surface area contributed by atoms with Crippen LogP contribution in [0, 0.1) is 15.9 Å². The summed E-state index contributed by atoms with van der Waals surface area (Å²) in [7, 11) is 0. The highest BCUT2D eigenvalue weighted by molar-refractivity contribution is 5.69. The number of nitrogens with one attached hydrogen (secondary N) is 1. The van der Waals surface area contributed by atoms with E-state index in [0.717, 1.165) is 18.2 Å². The van der Waals surface area contributed by atoms with Gasteiger partial charge < -0.3 is 15.8 Å². The van der Waals surface area contributed by atoms with Gasteiger partial charge in [-0.25, -0.2) is 4.39 Å². The first kappa shape index (κ1) is 14.7. The fourth-order valence-corrected chi connectivity index (χ4v) is 1.73. The van der Waals surface area contributed by atoms with Crippen molar-refractivity contribution in [3.63, 3.8) is 0 Å². The molecule has 0 aliphatic rings. The van der Waals surface area contributed by atoms with E-state index in [0.29, 0.717) is 24.6 Å². The molecule has 0 saturated heterocycles. The number of nitrogens with zero attached hydrogens (tertiary/aromatic N) is 1. The molecule has 21 heavy (non-hydrogen) atoms. The first-order chi connectivity index (χ1) is 10.1. The maximum absolute atomic E-state index is 13.2. The summed E-state index contributed by atoms with van der Waals surface area (Å²) in [5.74, 6) is 0.0886. The molecule has 0 aromatic heterocycles. The summed E-state index contributed by atoms with van der Waals surface area (Å²) in [6.07, 6.45) is 0. The molecule has 0 heterocycles. The van der Waals surface area contributed by atoms with Gasteiger partial charge in [0.15, 0.2) is 0 Å². The Labute approximate surface area is 120 Å². The minimum absolute atomic E-state index is 0.0932. The maximum atomic E-state index is 13.2. The monoisotopic (exact) mass is 291 g/mol. The summed E-state index contributed by atoms with van der Waals surface area (Å²) in [6, 6.07) is 10.0. The van der Waals surface area contributed by atoms with Gasteiger partial charge in [-0.05, 0) is 30.3 Å². The minimum atomic E-state index is -0.569. The van der Waals surface area contributed by atoms with Gasteiger partial charge in [-0.2, -0.15) is 0 Å². The number of ether oxygens (including phenoxy) is 1. The highest BCUT2D eigenvalue weighted by Crippen LogP contribution is 2.28. The first-order valence-electron chi connectivity index (χ1n) is 6.24. The van der Waals surface area contributed by atoms with Crippen molar-refractivity contribution in [2.45, 2.75) is 0 Å². The van der Waals surface area contributed by atoms with Gasteiger partial charge in [0, 0.05) is 24.4 Å². The molecule has 0 atom stereocenters. The predicted molar refractivity (Wildman–Crippen MR) is 77.3 cm³/mol. The van der Waals surface area contributed by atoms with Crippen LogP contribution in [0.2, 0.25) is 0 Å². The van der Waals surface area contributed by atoms with Crippen molar-refractivity contribution in [2.75, 3.05) is 18.5 Å². The lowest BCUT2D eigenvalue weighted by Crippen LogP contribution is -2.10. The number of rotatable bonds is 6. The van der Waals surface area contributed by atoms with Gasteiger partial charge in [-0.15, -0.1) is 0 Å². The topological polar surface area (TPSA) is 90.4 Å². The molecule has 0 radical (unpaired) electrons. The summed E-state index contributed by atoms with van der Waals surface area (Å²) < 4.78 is 18.5. The molecule has 2 aromatic rings. The van der Waals surface area contributed by atoms with E-state index < -0.39 is 10.7 Å². The van der Waals surface area contributed by atoms with Crippen LogP contribution in [0.5, 0.6) is 5.75 Å². The van der Waals surface area contributed by atoms with Crippen molar-refractivity contribution in [2.24, 2.45) is 5.73 Å². The van der Waals surface area contributed by atoms with Crippen molar-refractivity contribution in [3.05, 3.63) is 58.4 Å². The van der Waals surface area contributed by atoms with E-state index in [9.17, 15) is 14.5 Å². The van der Waals surface area contributed by atoms with E-state index in [-0.39, 0.29) is 11.4 Å². The van der Waals surface area contributed by atoms with E-state index in [2.05, 4.69) is 5.32 Å². The molecule has 0 spiro atoms. The van der Waals surface area contributed by atoms with Crippen molar-refractivity contribution in [1.82, 2.24) is 0 Å². The molecule has 2 aromatic carbocycles. The van der Waals surface area contributed by atoms with Crippen LogP contribution < -0.4 is 15.8 Å². The van der Waals surface area contributed by atoms with E-state index in [1.807, 2.05) is 0 Å². The Kier molecular flexibility index (Phi) is 4.68. The average molecular weight is 291 g/mol. The van der Waals surface area contributed by atoms with Crippen LogP contribution in [0.25, 0.3) is 0 Å². The summed E-state index contributed by atoms with van der Waals surface area (Å²) in [5, 5.41) is 13.7. The van der Waals surface area contributed by atoms with Gasteiger partial charge in [0.1, 0.15) is 23.9 Å². The Hall–Kier alpha value is -2.67. The Morgan fingerprint density at radius 3 is 2.57 bits per heavy atom. The van der Waals surface area contributed by atoms with Crippen molar-refractivity contribution >= 4 is 17.1 Å². The Balaban J connectivity index is 2.18. The molecule has 3 N–H and O–H groups in total. The van der Waals surface area contributed by atoms with Crippen LogP contribution in [0.3, 0.4) is 0 Å². The molecule has 0 aliphatic carbocycles. The second kappa shape index (κ2) is 6.67. The molecule has 7 heteroatoms. The second-order valence-corrected chi connectivity index (χ2v) is 4.21. The normalized spacial score (nSPS) is 10.2. The third-order valence-corrected chi connectivity index (χ3v) is 2.68. The Morgan fingerprint density at radius 1 is 1.24 bits per heavy atom. The lowest BCUT2D eigenvalue weighted by atomic mass is 10.2. The third kappa shape index (κ3) is 3.90. The highest BCUT2D eigenvalue weighted by Gasteiger charge is 2.14. The molecule has 0 amide bonds. The lowest BCUT2D eigenvalue weighted by Gasteiger charge is -2.09. The van der Waals surface area contributed by atoms with Gasteiger partial charge in [-0.1, -0.05) is 0 Å². The quantitative estimate of drug-likeness (QED) is 0.631. The van der Waals surface area contributed by atoms with Gasteiger partial charge in [0.2, 0.25) is 0 Å². The number of nitro groups is 1. The third-order valence-electron chi connectivity index (χ3n) is 2.68. The van der Waals surface area contributed by atoms with Crippen LogP contribution in [0.15, 0.2) is 42.5 Å². The zero-order chi connectivity index (χ0) is 15.2. The fraction of sp³-hybridized carbons (Fsp3) is 0.143. The SMILES string of the molecule is NCCOc1ccc(Nc2cc(F)ccc2[N+](=O)[O-])cc1. The van der Waals surface area contributed by atoms with Crippen LogP contribution in [0.1, 0.15) is 0 Å². The van der Waals surface area contributed by atoms with E-state index in [1.54, 1.807) is 24.3 Å². The molecular formula is C14H14FN3O3. The van der Waals surface area contributed by atoms with Crippen molar-refractivity contribution < 1.29 is 14.1 Å². The van der Waals surface area contributed by atoms with Crippen LogP contribution in [0.4, 0.5) is 21.5 Å². The van der Waals surface area contributed by atoms with Crippen molar-refractivity contribution in [3.8, 4) is 5.75 Å². The van der Waals surface area contributed by atoms with Gasteiger partial charge in [0.05, 0.1) is 4.92 Å². The smallest absolute Gasteiger partial charge is 0.292 e. The minimum Gasteiger partial charge on any atom is -0.492 e. The van der Waals surface area contributed by atoms with Gasteiger partial charge in [-0.3, -0.25) is 10.1 Å². The van der Waals surface area contributed by atoms with Crippen LogP contribution in [-0.2, 0) is 0 Å². The predicted octanol–water partition coefficient (Wildman–Crippen LogP) is 2.82. The number of benzene rings is 2. The molecule has 0 bridgehead atoms. The average Bonchev–Trinajstić information content (AvgIpc) is 2.46. The van der Waals surface area contributed by atoms with E-state index in [1.165, 1.54) is 0 Å². The number of halogens is 1. The number of nitrogens with two attached hydrogens (primary N) is 1. The van der Waals surface area contributed by atoms with Crippen molar-refractivity contribution in [1.29, 1.82) is 0 Å². The van der Waals surface area contributed by atoms with Crippen LogP contribution in [-0.4, -0.2) is 18.1 Å². The number of nitro benzene ring substituents is 1. The molecule has 2 rings (SSSR count). The molecular weight excluding hydrogens is 277 g/mol. The Bertz CT molecular complexity index is 632. The summed E-state index contributed by atoms with van der Waals surface area (Å²) >= 11 is 0. The fourth-order valence-electron chi connectivity index (χ4n) is 1.73. The van der Waals surface area contributed by atoms with Gasteiger partial charge in [0.25, 0.3) is 5.69 Å². The van der Waals surface area contributed by atoms with Crippen LogP contribution >= 0.6 is 0 Å². The van der Waals surface area contributed by atoms with E-state index in [4.69, 9.17) is 10.5 Å². The molecule has 110 valence electrons. The molecule has 0 aliphatic heterocycles. The summed E-state index contributed by atoms with van der Waals surface area (Å²) in [6.45, 7) is 0.817. The maximum Gasteiger partial charge on any atom is 0.292 e. The Morgan fingerprint density at radius 2 is 1.95 bits per heavy atom. The highest BCUT2D eigenvalue weighted by atomic mass is 19.1. The standard InChI is InChI=1S/C14H14FN3O3/c15-10-1-6-14(18(19)20)13(9-10)17-11-2-4-12(5-3-11)21-8-7-16/h1-6,9,17H,7-8,16H2. The second-order valence-electron chi connectivity index (χ2n) is 4.21. The van der Waals surface area contributed by atoms with E-state index >= 15 is 0 Å². The van der Waals surface area contributed by atoms with Gasteiger partial charge >= 0.3 is 0 Å². The number of anilines is 2. The largest absolute Gasteiger partial charge is 0.492 e. The molecule has 0 unspecified atom stereocenters. The molecule has 6 nitrogen and oxygen atoms in total. The summed E-state index contributed by atoms with van der Waals surface area (Å²) in [4.78, 5) is 10.3. The molecule has 0 fully saturated rings. The zero-order valence-electron chi connectivity index (χ0n) is 11.1. The first-order valence-corrected chi connectivity index (χ1v) is 6.24. The lowest BCUT2D eigenvalue weighted by molar-refractivity contribution is -0.384. The molecule has 0 saturated carbocycles.